The van der Waals surface area contributed by atoms with Crippen LogP contribution in [-0.4, -0.2) is 30.2 Å². The fourth-order valence-electron chi connectivity index (χ4n) is 2.42. The largest absolute Gasteiger partial charge is 0.491 e. The van der Waals surface area contributed by atoms with Gasteiger partial charge in [-0.2, -0.15) is 0 Å². The van der Waals surface area contributed by atoms with Crippen LogP contribution in [0.2, 0.25) is 0 Å². The van der Waals surface area contributed by atoms with Crippen molar-refractivity contribution in [1.82, 2.24) is 10.3 Å². The minimum Gasteiger partial charge on any atom is -0.491 e. The van der Waals surface area contributed by atoms with Gasteiger partial charge in [-0.05, 0) is 44.0 Å². The number of rotatable bonds is 6. The molecule has 1 fully saturated rings. The fraction of sp³-hybridized carbons (Fsp3) is 0.412. The van der Waals surface area contributed by atoms with Gasteiger partial charge in [0.2, 0.25) is 0 Å². The van der Waals surface area contributed by atoms with Crippen molar-refractivity contribution in [1.29, 1.82) is 0 Å². The second kappa shape index (κ2) is 7.57. The van der Waals surface area contributed by atoms with Gasteiger partial charge in [0, 0.05) is 23.2 Å². The average Bonchev–Trinajstić information content (AvgIpc) is 3.22. The van der Waals surface area contributed by atoms with E-state index in [4.69, 9.17) is 9.47 Å². The van der Waals surface area contributed by atoms with Crippen LogP contribution in [0.15, 0.2) is 30.5 Å². The number of amides is 1. The van der Waals surface area contributed by atoms with E-state index in [1.807, 2.05) is 19.1 Å². The summed E-state index contributed by atoms with van der Waals surface area (Å²) in [6.07, 6.45) is 4.15. The summed E-state index contributed by atoms with van der Waals surface area (Å²) in [5, 5.41) is 3.90. The first-order valence-electron chi connectivity index (χ1n) is 7.75. The van der Waals surface area contributed by atoms with Crippen LogP contribution < -0.4 is 10.1 Å². The van der Waals surface area contributed by atoms with Crippen molar-refractivity contribution in [2.24, 2.45) is 0 Å². The highest BCUT2D eigenvalue weighted by atomic mass is 32.1. The molecule has 0 saturated carbocycles. The third-order valence-electron chi connectivity index (χ3n) is 3.67. The smallest absolute Gasteiger partial charge is 0.251 e. The molecule has 2 aromatic rings. The number of carbonyl (C=O) groups is 1. The van der Waals surface area contributed by atoms with E-state index in [1.165, 1.54) is 0 Å². The lowest BCUT2D eigenvalue weighted by molar-refractivity contribution is 0.0679. The van der Waals surface area contributed by atoms with Crippen molar-refractivity contribution in [3.8, 4) is 5.75 Å². The van der Waals surface area contributed by atoms with Crippen LogP contribution in [0.5, 0.6) is 5.75 Å². The Morgan fingerprint density at radius 2 is 2.26 bits per heavy atom. The molecular formula is C17H20N2O3S. The molecule has 1 aromatic carbocycles. The molecule has 0 radical (unpaired) electrons. The van der Waals surface area contributed by atoms with Crippen molar-refractivity contribution in [3.63, 3.8) is 0 Å². The molecule has 6 heteroatoms. The quantitative estimate of drug-likeness (QED) is 0.883. The summed E-state index contributed by atoms with van der Waals surface area (Å²) in [5.41, 5.74) is 0.621. The molecular weight excluding hydrogens is 312 g/mol. The number of thiazole rings is 1. The fourth-order valence-corrected chi connectivity index (χ4v) is 3.16. The van der Waals surface area contributed by atoms with Gasteiger partial charge in [0.05, 0.1) is 17.7 Å². The van der Waals surface area contributed by atoms with E-state index in [-0.39, 0.29) is 12.0 Å². The van der Waals surface area contributed by atoms with Gasteiger partial charge < -0.3 is 14.8 Å². The van der Waals surface area contributed by atoms with Gasteiger partial charge in [-0.15, -0.1) is 11.3 Å². The van der Waals surface area contributed by atoms with Crippen molar-refractivity contribution >= 4 is 17.2 Å². The molecule has 1 aliphatic rings. The maximum absolute atomic E-state index is 12.1. The van der Waals surface area contributed by atoms with Crippen LogP contribution in [0.3, 0.4) is 0 Å². The van der Waals surface area contributed by atoms with Crippen molar-refractivity contribution in [3.05, 3.63) is 45.9 Å². The van der Waals surface area contributed by atoms with Gasteiger partial charge in [-0.1, -0.05) is 0 Å². The normalized spacial score (nSPS) is 17.2. The van der Waals surface area contributed by atoms with E-state index in [0.717, 1.165) is 35.1 Å². The van der Waals surface area contributed by atoms with Crippen LogP contribution in [0.25, 0.3) is 0 Å². The molecule has 0 aliphatic carbocycles. The van der Waals surface area contributed by atoms with Gasteiger partial charge in [0.25, 0.3) is 5.91 Å². The molecule has 2 heterocycles. The molecule has 23 heavy (non-hydrogen) atoms. The van der Waals surface area contributed by atoms with Crippen molar-refractivity contribution in [2.45, 2.75) is 32.4 Å². The number of ether oxygens (including phenoxy) is 2. The molecule has 1 N–H and O–H groups in total. The number of nitrogens with one attached hydrogen (secondary N) is 1. The van der Waals surface area contributed by atoms with Gasteiger partial charge in [-0.3, -0.25) is 4.79 Å². The number of aromatic nitrogens is 1. The molecule has 0 spiro atoms. The minimum absolute atomic E-state index is 0.0956. The van der Waals surface area contributed by atoms with Crippen LogP contribution in [0.4, 0.5) is 0 Å². The molecule has 3 rings (SSSR count). The Hall–Kier alpha value is -1.92. The number of hydrogen-bond donors (Lipinski definition) is 1. The van der Waals surface area contributed by atoms with Gasteiger partial charge >= 0.3 is 0 Å². The van der Waals surface area contributed by atoms with Crippen LogP contribution in [-0.2, 0) is 11.3 Å². The Bertz CT molecular complexity index is 648. The van der Waals surface area contributed by atoms with E-state index >= 15 is 0 Å². The lowest BCUT2D eigenvalue weighted by Crippen LogP contribution is -2.22. The maximum atomic E-state index is 12.1. The molecule has 0 bridgehead atoms. The van der Waals surface area contributed by atoms with E-state index in [9.17, 15) is 4.79 Å². The molecule has 1 aliphatic heterocycles. The van der Waals surface area contributed by atoms with Crippen LogP contribution >= 0.6 is 11.3 Å². The number of carbonyl (C=O) groups excluding carboxylic acids is 1. The molecule has 122 valence electrons. The van der Waals surface area contributed by atoms with E-state index in [0.29, 0.717) is 18.7 Å². The van der Waals surface area contributed by atoms with Gasteiger partial charge in [0.1, 0.15) is 12.4 Å². The number of hydrogen-bond acceptors (Lipinski definition) is 5. The van der Waals surface area contributed by atoms with E-state index < -0.39 is 0 Å². The summed E-state index contributed by atoms with van der Waals surface area (Å²) in [6, 6.07) is 7.19. The summed E-state index contributed by atoms with van der Waals surface area (Å²) in [5.74, 6) is 0.664. The third-order valence-corrected chi connectivity index (χ3v) is 4.58. The number of aryl methyl sites for hydroxylation is 1. The zero-order valence-electron chi connectivity index (χ0n) is 13.1. The second-order valence-electron chi connectivity index (χ2n) is 5.50. The van der Waals surface area contributed by atoms with E-state index in [2.05, 4.69) is 10.3 Å². The standard InChI is InChI=1S/C17H20N2O3S/c1-12-18-9-16(23-12)10-19-17(20)13-4-6-14(7-5-13)22-11-15-3-2-8-21-15/h4-7,9,15H,2-3,8,10-11H2,1H3,(H,19,20). The molecule has 1 unspecified atom stereocenters. The predicted octanol–water partition coefficient (Wildman–Crippen LogP) is 2.94. The molecule has 5 nitrogen and oxygen atoms in total. The SMILES string of the molecule is Cc1ncc(CNC(=O)c2ccc(OCC3CCCO3)cc2)s1. The Balaban J connectivity index is 1.48. The Kier molecular flexibility index (Phi) is 5.25. The van der Waals surface area contributed by atoms with Gasteiger partial charge in [0.15, 0.2) is 0 Å². The Morgan fingerprint density at radius 3 is 2.91 bits per heavy atom. The first-order chi connectivity index (χ1) is 11.2. The summed E-state index contributed by atoms with van der Waals surface area (Å²) < 4.78 is 11.2. The monoisotopic (exact) mass is 332 g/mol. The van der Waals surface area contributed by atoms with Gasteiger partial charge in [-0.25, -0.2) is 4.98 Å². The summed E-state index contributed by atoms with van der Waals surface area (Å²) >= 11 is 1.59. The lowest BCUT2D eigenvalue weighted by atomic mass is 10.2. The topological polar surface area (TPSA) is 60.5 Å². The number of benzene rings is 1. The zero-order chi connectivity index (χ0) is 16.1. The predicted molar refractivity (Wildman–Crippen MR) is 88.9 cm³/mol. The first kappa shape index (κ1) is 16.0. The maximum Gasteiger partial charge on any atom is 0.251 e. The second-order valence-corrected chi connectivity index (χ2v) is 6.82. The zero-order valence-corrected chi connectivity index (χ0v) is 13.9. The highest BCUT2D eigenvalue weighted by Crippen LogP contribution is 2.17. The molecule has 1 atom stereocenters. The molecule has 1 saturated heterocycles. The Morgan fingerprint density at radius 1 is 1.43 bits per heavy atom. The summed E-state index contributed by atoms with van der Waals surface area (Å²) in [4.78, 5) is 17.3. The van der Waals surface area contributed by atoms with Crippen molar-refractivity contribution in [2.75, 3.05) is 13.2 Å². The summed E-state index contributed by atoms with van der Waals surface area (Å²) in [7, 11) is 0. The van der Waals surface area contributed by atoms with Crippen LogP contribution in [0, 0.1) is 6.92 Å². The summed E-state index contributed by atoms with van der Waals surface area (Å²) in [6.45, 7) is 3.84. The Labute approximate surface area is 139 Å². The molecule has 1 aromatic heterocycles. The third kappa shape index (κ3) is 4.53. The van der Waals surface area contributed by atoms with Crippen molar-refractivity contribution < 1.29 is 14.3 Å². The average molecular weight is 332 g/mol. The highest BCUT2D eigenvalue weighted by molar-refractivity contribution is 7.11. The van der Waals surface area contributed by atoms with E-state index in [1.54, 1.807) is 29.7 Å². The highest BCUT2D eigenvalue weighted by Gasteiger charge is 2.16. The lowest BCUT2D eigenvalue weighted by Gasteiger charge is -2.11. The first-order valence-corrected chi connectivity index (χ1v) is 8.56. The minimum atomic E-state index is -0.0956. The number of nitrogens with zero attached hydrogens (tertiary/aromatic N) is 1. The van der Waals surface area contributed by atoms with Crippen LogP contribution in [0.1, 0.15) is 33.1 Å². The molecule has 1 amide bonds.